The number of hydrogen-bond donors (Lipinski definition) is 3. The predicted molar refractivity (Wildman–Crippen MR) is 69.2 cm³/mol. The van der Waals surface area contributed by atoms with Crippen molar-refractivity contribution in [3.63, 3.8) is 0 Å². The fourth-order valence-corrected chi connectivity index (χ4v) is 2.02. The largest absolute Gasteiger partial charge is 0.392 e. The number of β-amino-alcohol motifs (C(OH)–C–C–N with tert-alkyl or cyclic N) is 1. The van der Waals surface area contributed by atoms with Crippen molar-refractivity contribution >= 4 is 28.9 Å². The van der Waals surface area contributed by atoms with Gasteiger partial charge in [-0.05, 0) is 12.5 Å². The van der Waals surface area contributed by atoms with Crippen LogP contribution in [-0.4, -0.2) is 34.6 Å². The standard InChI is InChI=1S/C11H12ClN3O4/c12-8-2-1-6(15(18)19)3-9(8)14-11(17)10-4-7(16)5-13-10/h1-3,7,10,13,16H,4-5H2,(H,14,17). The summed E-state index contributed by atoms with van der Waals surface area (Å²) in [4.78, 5) is 22.0. The summed E-state index contributed by atoms with van der Waals surface area (Å²) in [6, 6.07) is 3.29. The van der Waals surface area contributed by atoms with Gasteiger partial charge in [0.2, 0.25) is 5.91 Å². The lowest BCUT2D eigenvalue weighted by Gasteiger charge is -2.11. The van der Waals surface area contributed by atoms with Crippen LogP contribution in [0.25, 0.3) is 0 Å². The molecule has 0 aromatic heterocycles. The predicted octanol–water partition coefficient (Wildman–Crippen LogP) is 0.909. The molecular formula is C11H12ClN3O4. The number of anilines is 1. The van der Waals surface area contributed by atoms with Crippen LogP contribution in [0.5, 0.6) is 0 Å². The van der Waals surface area contributed by atoms with Gasteiger partial charge in [0.1, 0.15) is 0 Å². The topological polar surface area (TPSA) is 104 Å². The number of benzene rings is 1. The van der Waals surface area contributed by atoms with Crippen LogP contribution in [-0.2, 0) is 4.79 Å². The zero-order valence-corrected chi connectivity index (χ0v) is 10.6. The minimum atomic E-state index is -0.566. The number of nitro groups is 1. The molecule has 1 saturated heterocycles. The van der Waals surface area contributed by atoms with Crippen molar-refractivity contribution in [1.29, 1.82) is 0 Å². The van der Waals surface area contributed by atoms with E-state index in [2.05, 4.69) is 10.6 Å². The molecule has 2 atom stereocenters. The van der Waals surface area contributed by atoms with Crippen molar-refractivity contribution in [2.75, 3.05) is 11.9 Å². The molecule has 0 aliphatic carbocycles. The lowest BCUT2D eigenvalue weighted by atomic mass is 10.2. The van der Waals surface area contributed by atoms with E-state index in [0.717, 1.165) is 0 Å². The molecule has 0 bridgehead atoms. The fourth-order valence-electron chi connectivity index (χ4n) is 1.86. The first-order chi connectivity index (χ1) is 8.97. The molecule has 1 amide bonds. The molecule has 7 nitrogen and oxygen atoms in total. The number of nitro benzene ring substituents is 1. The molecule has 2 unspecified atom stereocenters. The van der Waals surface area contributed by atoms with Gasteiger partial charge in [-0.15, -0.1) is 0 Å². The molecule has 1 aliphatic rings. The Kier molecular flexibility index (Phi) is 3.98. The number of carbonyl (C=O) groups excluding carboxylic acids is 1. The third-order valence-corrected chi connectivity index (χ3v) is 3.17. The van der Waals surface area contributed by atoms with E-state index in [9.17, 15) is 20.0 Å². The summed E-state index contributed by atoms with van der Waals surface area (Å²) in [5, 5.41) is 25.6. The number of non-ortho nitro benzene ring substituents is 1. The van der Waals surface area contributed by atoms with Gasteiger partial charge in [-0.25, -0.2) is 0 Å². The maximum atomic E-state index is 11.9. The second kappa shape index (κ2) is 5.52. The van der Waals surface area contributed by atoms with Crippen molar-refractivity contribution in [2.24, 2.45) is 0 Å². The van der Waals surface area contributed by atoms with Crippen LogP contribution in [0.2, 0.25) is 5.02 Å². The van der Waals surface area contributed by atoms with E-state index in [-0.39, 0.29) is 22.3 Å². The second-order valence-corrected chi connectivity index (χ2v) is 4.67. The van der Waals surface area contributed by atoms with E-state index in [1.54, 1.807) is 0 Å². The van der Waals surface area contributed by atoms with Crippen molar-refractivity contribution in [3.05, 3.63) is 33.3 Å². The highest BCUT2D eigenvalue weighted by molar-refractivity contribution is 6.33. The van der Waals surface area contributed by atoms with Crippen molar-refractivity contribution < 1.29 is 14.8 Å². The van der Waals surface area contributed by atoms with Gasteiger partial charge in [0.15, 0.2) is 0 Å². The van der Waals surface area contributed by atoms with E-state index < -0.39 is 17.1 Å². The molecule has 1 aromatic rings. The highest BCUT2D eigenvalue weighted by Crippen LogP contribution is 2.27. The molecule has 1 aromatic carbocycles. The number of amides is 1. The number of rotatable bonds is 3. The highest BCUT2D eigenvalue weighted by atomic mass is 35.5. The maximum Gasteiger partial charge on any atom is 0.271 e. The molecule has 2 rings (SSSR count). The Bertz CT molecular complexity index is 523. The number of nitrogens with zero attached hydrogens (tertiary/aromatic N) is 1. The Morgan fingerprint density at radius 2 is 2.32 bits per heavy atom. The van der Waals surface area contributed by atoms with Crippen LogP contribution < -0.4 is 10.6 Å². The van der Waals surface area contributed by atoms with Gasteiger partial charge in [-0.3, -0.25) is 14.9 Å². The molecule has 0 saturated carbocycles. The Labute approximate surface area is 113 Å². The molecule has 3 N–H and O–H groups in total. The molecule has 1 heterocycles. The van der Waals surface area contributed by atoms with Crippen LogP contribution in [0.4, 0.5) is 11.4 Å². The summed E-state index contributed by atoms with van der Waals surface area (Å²) in [6.07, 6.45) is -0.255. The monoisotopic (exact) mass is 285 g/mol. The summed E-state index contributed by atoms with van der Waals surface area (Å²) in [6.45, 7) is 0.348. The Balaban J connectivity index is 2.12. The first kappa shape index (κ1) is 13.7. The first-order valence-electron chi connectivity index (χ1n) is 5.63. The van der Waals surface area contributed by atoms with Gasteiger partial charge in [0.05, 0.1) is 27.8 Å². The lowest BCUT2D eigenvalue weighted by Crippen LogP contribution is -2.35. The molecule has 8 heteroatoms. The second-order valence-electron chi connectivity index (χ2n) is 4.26. The smallest absolute Gasteiger partial charge is 0.271 e. The average molecular weight is 286 g/mol. The average Bonchev–Trinajstić information content (AvgIpc) is 2.78. The quantitative estimate of drug-likeness (QED) is 0.565. The van der Waals surface area contributed by atoms with Gasteiger partial charge in [0, 0.05) is 18.7 Å². The summed E-state index contributed by atoms with van der Waals surface area (Å²) in [5.41, 5.74) is 0.0307. The zero-order valence-electron chi connectivity index (χ0n) is 9.80. The molecule has 0 spiro atoms. The number of nitrogens with one attached hydrogen (secondary N) is 2. The van der Waals surface area contributed by atoms with Gasteiger partial charge >= 0.3 is 0 Å². The Morgan fingerprint density at radius 3 is 2.89 bits per heavy atom. The van der Waals surface area contributed by atoms with E-state index in [1.165, 1.54) is 18.2 Å². The summed E-state index contributed by atoms with van der Waals surface area (Å²) in [7, 11) is 0. The molecule has 1 aliphatic heterocycles. The molecule has 1 fully saturated rings. The van der Waals surface area contributed by atoms with Crippen molar-refractivity contribution in [3.8, 4) is 0 Å². The van der Waals surface area contributed by atoms with E-state index >= 15 is 0 Å². The Hall–Kier alpha value is -1.70. The normalized spacial score (nSPS) is 22.2. The van der Waals surface area contributed by atoms with Crippen molar-refractivity contribution in [1.82, 2.24) is 5.32 Å². The Morgan fingerprint density at radius 1 is 1.58 bits per heavy atom. The van der Waals surface area contributed by atoms with Gasteiger partial charge in [-0.2, -0.15) is 0 Å². The van der Waals surface area contributed by atoms with Gasteiger partial charge < -0.3 is 15.7 Å². The highest BCUT2D eigenvalue weighted by Gasteiger charge is 2.28. The number of carbonyl (C=O) groups is 1. The number of halogens is 1. The maximum absolute atomic E-state index is 11.9. The zero-order chi connectivity index (χ0) is 14.0. The number of aliphatic hydroxyl groups is 1. The van der Waals surface area contributed by atoms with E-state index in [1.807, 2.05) is 0 Å². The van der Waals surface area contributed by atoms with Crippen LogP contribution in [0.3, 0.4) is 0 Å². The third kappa shape index (κ3) is 3.19. The van der Waals surface area contributed by atoms with Gasteiger partial charge in [-0.1, -0.05) is 11.6 Å². The van der Waals surface area contributed by atoms with Crippen LogP contribution in [0.15, 0.2) is 18.2 Å². The summed E-state index contributed by atoms with van der Waals surface area (Å²) in [5.74, 6) is -0.376. The SMILES string of the molecule is O=C(Nc1cc([N+](=O)[O-])ccc1Cl)C1CC(O)CN1. The van der Waals surface area contributed by atoms with Crippen LogP contribution in [0, 0.1) is 10.1 Å². The summed E-state index contributed by atoms with van der Waals surface area (Å²) < 4.78 is 0. The van der Waals surface area contributed by atoms with Crippen LogP contribution >= 0.6 is 11.6 Å². The number of hydrogen-bond acceptors (Lipinski definition) is 5. The lowest BCUT2D eigenvalue weighted by molar-refractivity contribution is -0.384. The minimum Gasteiger partial charge on any atom is -0.392 e. The molecule has 102 valence electrons. The minimum absolute atomic E-state index is 0.154. The molecule has 19 heavy (non-hydrogen) atoms. The first-order valence-corrected chi connectivity index (χ1v) is 6.01. The van der Waals surface area contributed by atoms with Crippen molar-refractivity contribution in [2.45, 2.75) is 18.6 Å². The third-order valence-electron chi connectivity index (χ3n) is 2.84. The van der Waals surface area contributed by atoms with E-state index in [0.29, 0.717) is 13.0 Å². The van der Waals surface area contributed by atoms with Crippen LogP contribution in [0.1, 0.15) is 6.42 Å². The molecule has 0 radical (unpaired) electrons. The molecular weight excluding hydrogens is 274 g/mol. The fraction of sp³-hybridized carbons (Fsp3) is 0.364. The van der Waals surface area contributed by atoms with E-state index in [4.69, 9.17) is 11.6 Å². The van der Waals surface area contributed by atoms with Gasteiger partial charge in [0.25, 0.3) is 5.69 Å². The summed E-state index contributed by atoms with van der Waals surface area (Å²) >= 11 is 5.87. The number of aliphatic hydroxyl groups excluding tert-OH is 1.